The predicted octanol–water partition coefficient (Wildman–Crippen LogP) is 1.23. The number of anilines is 2. The third kappa shape index (κ3) is 2.16. The third-order valence-electron chi connectivity index (χ3n) is 2.71. The summed E-state index contributed by atoms with van der Waals surface area (Å²) in [4.78, 5) is 2.40. The van der Waals surface area contributed by atoms with E-state index >= 15 is 0 Å². The Bertz CT molecular complexity index is 299. The summed E-state index contributed by atoms with van der Waals surface area (Å²) in [6.45, 7) is 2.22. The molecule has 0 spiro atoms. The lowest BCUT2D eigenvalue weighted by molar-refractivity contribution is 0.322. The first-order valence-corrected chi connectivity index (χ1v) is 5.69. The fraction of sp³-hybridized carbons (Fsp3) is 0.667. The summed E-state index contributed by atoms with van der Waals surface area (Å²) in [7, 11) is 2.18. The van der Waals surface area contributed by atoms with Crippen LogP contribution in [0.5, 0.6) is 0 Å². The van der Waals surface area contributed by atoms with Crippen LogP contribution in [0.15, 0.2) is 6.07 Å². The second-order valence-corrected chi connectivity index (χ2v) is 4.58. The molecule has 2 heterocycles. The molecule has 1 saturated heterocycles. The first-order valence-electron chi connectivity index (χ1n) is 4.92. The first kappa shape index (κ1) is 9.73. The maximum absolute atomic E-state index is 5.54. The number of nitrogen functional groups attached to an aromatic ring is 1. The van der Waals surface area contributed by atoms with E-state index in [4.69, 9.17) is 5.73 Å². The molecule has 1 fully saturated rings. The lowest BCUT2D eigenvalue weighted by Gasteiger charge is -2.19. The Hall–Kier alpha value is -0.810. The number of nitrogens with two attached hydrogens (primary N) is 1. The SMILES string of the molecule is CN1CCCC1CNc1cc(N)ns1. The van der Waals surface area contributed by atoms with E-state index in [1.165, 1.54) is 30.9 Å². The Morgan fingerprint density at radius 3 is 3.21 bits per heavy atom. The number of hydrogen-bond acceptors (Lipinski definition) is 5. The number of nitrogens with zero attached hydrogens (tertiary/aromatic N) is 2. The van der Waals surface area contributed by atoms with Gasteiger partial charge < -0.3 is 16.0 Å². The van der Waals surface area contributed by atoms with E-state index in [0.717, 1.165) is 11.5 Å². The lowest BCUT2D eigenvalue weighted by Crippen LogP contribution is -2.31. The van der Waals surface area contributed by atoms with Gasteiger partial charge in [0.05, 0.1) is 0 Å². The molecular weight excluding hydrogens is 196 g/mol. The molecule has 3 N–H and O–H groups in total. The van der Waals surface area contributed by atoms with Gasteiger partial charge in [-0.2, -0.15) is 4.37 Å². The Balaban J connectivity index is 1.82. The van der Waals surface area contributed by atoms with Gasteiger partial charge in [-0.25, -0.2) is 0 Å². The minimum absolute atomic E-state index is 0.609. The highest BCUT2D eigenvalue weighted by molar-refractivity contribution is 7.10. The zero-order valence-electron chi connectivity index (χ0n) is 8.36. The zero-order valence-corrected chi connectivity index (χ0v) is 9.18. The number of likely N-dealkylation sites (tertiary alicyclic amines) is 1. The van der Waals surface area contributed by atoms with Crippen LogP contribution in [-0.4, -0.2) is 35.5 Å². The van der Waals surface area contributed by atoms with Gasteiger partial charge in [0.15, 0.2) is 0 Å². The van der Waals surface area contributed by atoms with E-state index in [9.17, 15) is 0 Å². The van der Waals surface area contributed by atoms with E-state index < -0.39 is 0 Å². The van der Waals surface area contributed by atoms with Crippen molar-refractivity contribution in [3.8, 4) is 0 Å². The van der Waals surface area contributed by atoms with E-state index in [1.807, 2.05) is 6.07 Å². The molecule has 0 bridgehead atoms. The molecule has 2 rings (SSSR count). The maximum atomic E-state index is 5.54. The normalized spacial score (nSPS) is 22.8. The van der Waals surface area contributed by atoms with Gasteiger partial charge in [0.1, 0.15) is 10.8 Å². The highest BCUT2D eigenvalue weighted by Crippen LogP contribution is 2.20. The zero-order chi connectivity index (χ0) is 9.97. The average Bonchev–Trinajstić information content (AvgIpc) is 2.72. The van der Waals surface area contributed by atoms with Crippen LogP contribution in [0.4, 0.5) is 10.8 Å². The van der Waals surface area contributed by atoms with Gasteiger partial charge in [0, 0.05) is 18.7 Å². The molecule has 0 radical (unpaired) electrons. The van der Waals surface area contributed by atoms with Crippen LogP contribution in [0.25, 0.3) is 0 Å². The molecule has 0 aromatic carbocycles. The molecule has 0 amide bonds. The van der Waals surface area contributed by atoms with E-state index in [1.54, 1.807) is 0 Å². The second-order valence-electron chi connectivity index (χ2n) is 3.77. The van der Waals surface area contributed by atoms with E-state index in [-0.39, 0.29) is 0 Å². The topological polar surface area (TPSA) is 54.2 Å². The van der Waals surface area contributed by atoms with Crippen LogP contribution < -0.4 is 11.1 Å². The van der Waals surface area contributed by atoms with Crippen molar-refractivity contribution in [1.82, 2.24) is 9.27 Å². The number of nitrogens with one attached hydrogen (secondary N) is 1. The van der Waals surface area contributed by atoms with Gasteiger partial charge in [-0.1, -0.05) is 0 Å². The summed E-state index contributed by atoms with van der Waals surface area (Å²) in [5.74, 6) is 0.609. The number of rotatable bonds is 3. The van der Waals surface area contributed by atoms with E-state index in [2.05, 4.69) is 21.6 Å². The van der Waals surface area contributed by atoms with Crippen LogP contribution >= 0.6 is 11.5 Å². The summed E-state index contributed by atoms with van der Waals surface area (Å²) < 4.78 is 4.02. The highest BCUT2D eigenvalue weighted by Gasteiger charge is 2.20. The van der Waals surface area contributed by atoms with E-state index in [0.29, 0.717) is 11.9 Å². The Labute approximate surface area is 88.3 Å². The maximum Gasteiger partial charge on any atom is 0.139 e. The predicted molar refractivity (Wildman–Crippen MR) is 60.7 cm³/mol. The summed E-state index contributed by atoms with van der Waals surface area (Å²) in [5, 5.41) is 4.44. The van der Waals surface area contributed by atoms with Crippen molar-refractivity contribution < 1.29 is 0 Å². The quantitative estimate of drug-likeness (QED) is 0.791. The largest absolute Gasteiger partial charge is 0.383 e. The van der Waals surface area contributed by atoms with Gasteiger partial charge >= 0.3 is 0 Å². The molecule has 1 aliphatic rings. The van der Waals surface area contributed by atoms with Crippen LogP contribution in [0.3, 0.4) is 0 Å². The minimum Gasteiger partial charge on any atom is -0.383 e. The van der Waals surface area contributed by atoms with Crippen molar-refractivity contribution in [2.75, 3.05) is 31.2 Å². The van der Waals surface area contributed by atoms with Crippen molar-refractivity contribution in [1.29, 1.82) is 0 Å². The summed E-state index contributed by atoms with van der Waals surface area (Å²) in [5.41, 5.74) is 5.54. The Morgan fingerprint density at radius 1 is 1.79 bits per heavy atom. The highest BCUT2D eigenvalue weighted by atomic mass is 32.1. The van der Waals surface area contributed by atoms with Gasteiger partial charge in [-0.15, -0.1) is 0 Å². The van der Waals surface area contributed by atoms with Crippen LogP contribution in [0.2, 0.25) is 0 Å². The van der Waals surface area contributed by atoms with Crippen LogP contribution in [0, 0.1) is 0 Å². The van der Waals surface area contributed by atoms with Gasteiger partial charge in [0.25, 0.3) is 0 Å². The minimum atomic E-state index is 0.609. The molecule has 0 aliphatic carbocycles. The summed E-state index contributed by atoms with van der Waals surface area (Å²) in [6, 6.07) is 2.55. The molecule has 1 unspecified atom stereocenters. The number of aromatic nitrogens is 1. The van der Waals surface area contributed by atoms with Crippen LogP contribution in [-0.2, 0) is 0 Å². The first-order chi connectivity index (χ1) is 6.75. The standard InChI is InChI=1S/C9H16N4S/c1-13-4-2-3-7(13)6-11-9-5-8(10)12-14-9/h5,7,11H,2-4,6H2,1H3,(H2,10,12). The van der Waals surface area contributed by atoms with Crippen molar-refractivity contribution in [3.63, 3.8) is 0 Å². The molecule has 1 aromatic rings. The molecule has 78 valence electrons. The molecular formula is C9H16N4S. The fourth-order valence-corrected chi connectivity index (χ4v) is 2.41. The van der Waals surface area contributed by atoms with Gasteiger partial charge in [-0.3, -0.25) is 0 Å². The molecule has 4 nitrogen and oxygen atoms in total. The molecule has 1 aliphatic heterocycles. The second kappa shape index (κ2) is 4.14. The molecule has 1 atom stereocenters. The fourth-order valence-electron chi connectivity index (χ4n) is 1.83. The van der Waals surface area contributed by atoms with Crippen molar-refractivity contribution >= 4 is 22.4 Å². The molecule has 5 heteroatoms. The van der Waals surface area contributed by atoms with Gasteiger partial charge in [-0.05, 0) is 38.0 Å². The van der Waals surface area contributed by atoms with Crippen LogP contribution in [0.1, 0.15) is 12.8 Å². The average molecular weight is 212 g/mol. The molecule has 0 saturated carbocycles. The molecule has 14 heavy (non-hydrogen) atoms. The van der Waals surface area contributed by atoms with Gasteiger partial charge in [0.2, 0.25) is 0 Å². The van der Waals surface area contributed by atoms with Crippen molar-refractivity contribution in [2.45, 2.75) is 18.9 Å². The lowest BCUT2D eigenvalue weighted by atomic mass is 10.2. The Morgan fingerprint density at radius 2 is 2.64 bits per heavy atom. The van der Waals surface area contributed by atoms with Crippen molar-refractivity contribution in [3.05, 3.63) is 6.07 Å². The number of hydrogen-bond donors (Lipinski definition) is 2. The Kier molecular flexibility index (Phi) is 2.88. The monoisotopic (exact) mass is 212 g/mol. The molecule has 1 aromatic heterocycles. The summed E-state index contributed by atoms with van der Waals surface area (Å²) >= 11 is 1.43. The third-order valence-corrected chi connectivity index (χ3v) is 3.47. The van der Waals surface area contributed by atoms with Crippen molar-refractivity contribution in [2.24, 2.45) is 0 Å². The smallest absolute Gasteiger partial charge is 0.139 e. The summed E-state index contributed by atoms with van der Waals surface area (Å²) in [6.07, 6.45) is 2.60. The number of likely N-dealkylation sites (N-methyl/N-ethyl adjacent to an activating group) is 1.